The van der Waals surface area contributed by atoms with E-state index < -0.39 is 14.8 Å². The summed E-state index contributed by atoms with van der Waals surface area (Å²) in [6.45, 7) is 5.35. The molecule has 7 heteroatoms. The molecule has 2 saturated heterocycles. The molecule has 73 heavy (non-hydrogen) atoms. The van der Waals surface area contributed by atoms with E-state index in [0.29, 0.717) is 31.3 Å². The number of benzene rings is 8. The normalized spacial score (nSPS) is 18.2. The fraction of sp³-hybridized carbons (Fsp3) is 0.273. The Morgan fingerprint density at radius 3 is 1.66 bits per heavy atom. The zero-order chi connectivity index (χ0) is 49.9. The third-order valence-electron chi connectivity index (χ3n) is 15.7. The van der Waals surface area contributed by atoms with Crippen molar-refractivity contribution in [1.29, 1.82) is 0 Å². The van der Waals surface area contributed by atoms with Crippen LogP contribution >= 0.6 is 21.8 Å². The first-order valence-electron chi connectivity index (χ1n) is 26.5. The van der Waals surface area contributed by atoms with Crippen molar-refractivity contribution in [3.05, 3.63) is 247 Å². The van der Waals surface area contributed by atoms with Gasteiger partial charge in [0.05, 0.1) is 11.3 Å². The number of hydrogen-bond acceptors (Lipinski definition) is 5. The van der Waals surface area contributed by atoms with Gasteiger partial charge >= 0.3 is 0 Å². The zero-order valence-corrected chi connectivity index (χ0v) is 43.8. The maximum absolute atomic E-state index is 14.6. The summed E-state index contributed by atoms with van der Waals surface area (Å²) in [5, 5.41) is 5.96. The Bertz CT molecular complexity index is 2820. The minimum atomic E-state index is -1.70. The summed E-state index contributed by atoms with van der Waals surface area (Å²) >= 11 is 1.96. The van der Waals surface area contributed by atoms with Crippen LogP contribution in [0.15, 0.2) is 239 Å². The summed E-state index contributed by atoms with van der Waals surface area (Å²) in [7, 11) is -1.70. The largest absolute Gasteiger partial charge is 0.354 e. The Morgan fingerprint density at radius 2 is 1.12 bits per heavy atom. The Morgan fingerprint density at radius 1 is 0.616 bits per heavy atom. The predicted octanol–water partition coefficient (Wildman–Crippen LogP) is 14.3. The summed E-state index contributed by atoms with van der Waals surface area (Å²) in [6.07, 6.45) is 4.68. The van der Waals surface area contributed by atoms with E-state index in [1.807, 2.05) is 18.7 Å². The molecule has 0 aliphatic carbocycles. The van der Waals surface area contributed by atoms with Gasteiger partial charge in [0.2, 0.25) is 5.91 Å². The molecule has 2 aliphatic rings. The van der Waals surface area contributed by atoms with Crippen molar-refractivity contribution in [3.63, 3.8) is 0 Å². The van der Waals surface area contributed by atoms with Gasteiger partial charge in [-0.15, -0.1) is 11.8 Å². The van der Waals surface area contributed by atoms with Gasteiger partial charge in [-0.05, 0) is 129 Å². The number of rotatable bonds is 22. The van der Waals surface area contributed by atoms with Crippen LogP contribution in [0.1, 0.15) is 67.2 Å². The fourth-order valence-corrected chi connectivity index (χ4v) is 17.6. The molecule has 10 rings (SSSR count). The Kier molecular flexibility index (Phi) is 16.4. The second-order valence-corrected chi connectivity index (χ2v) is 24.4. The second kappa shape index (κ2) is 23.8. The quantitative estimate of drug-likeness (QED) is 0.0686. The van der Waals surface area contributed by atoms with Gasteiger partial charge in [-0.2, -0.15) is 10.0 Å². The predicted molar refractivity (Wildman–Crippen MR) is 306 cm³/mol. The number of thioether (sulfide) groups is 1. The molecule has 1 N–H and O–H groups in total. The van der Waals surface area contributed by atoms with Crippen LogP contribution in [0.3, 0.4) is 0 Å². The van der Waals surface area contributed by atoms with E-state index in [1.165, 1.54) is 47.7 Å². The van der Waals surface area contributed by atoms with Gasteiger partial charge in [-0.25, -0.2) is 0 Å². The summed E-state index contributed by atoms with van der Waals surface area (Å²) in [5.41, 5.74) is 5.02. The number of nitrogens with one attached hydrogen (secondary N) is 1. The monoisotopic (exact) mass is 999 g/mol. The maximum Gasteiger partial charge on any atom is 0.234 e. The number of nitrogens with zero attached hydrogens (tertiary/aromatic N) is 2. The Balaban J connectivity index is 0.897. The molecule has 2 heterocycles. The van der Waals surface area contributed by atoms with Crippen LogP contribution in [0.5, 0.6) is 0 Å². The Labute approximate surface area is 439 Å². The van der Waals surface area contributed by atoms with Gasteiger partial charge < -0.3 is 5.32 Å². The number of carbonyl (C=O) groups excluding carboxylic acids is 2. The minimum absolute atomic E-state index is 0.0119. The molecule has 2 unspecified atom stereocenters. The molecule has 0 spiro atoms. The van der Waals surface area contributed by atoms with Crippen molar-refractivity contribution < 1.29 is 9.59 Å². The van der Waals surface area contributed by atoms with Gasteiger partial charge in [0, 0.05) is 49.0 Å². The third kappa shape index (κ3) is 10.9. The van der Waals surface area contributed by atoms with Crippen LogP contribution in [0, 0.1) is 5.92 Å². The van der Waals surface area contributed by atoms with Crippen LogP contribution < -0.4 is 5.32 Å². The van der Waals surface area contributed by atoms with Gasteiger partial charge in [0.15, 0.2) is 0 Å². The number of amides is 1. The average molecular weight is 1000 g/mol. The summed E-state index contributed by atoms with van der Waals surface area (Å²) in [6, 6.07) is 81.5. The molecule has 0 radical (unpaired) electrons. The lowest BCUT2D eigenvalue weighted by atomic mass is 9.73. The standard InChI is InChI=1S/C66H69N3O2S2/c1-2-63(70)65-61(53-39-38-51-24-21-22-25-52(51)48-53)49-57-40-41-62(65)69(57)44-23-43-68(45-46-72-66(54-26-9-3-10-27-54,55-28-11-4-12-29-55)56-30-13-5-14-31-56)50-64(71)67-42-47-73(58-32-15-6-16-33-58,59-34-17-7-18-35-59)60-36-19-8-20-37-60/h3-22,24-39,48,57,61-62,65H,2,23,40-47,49-50H2,1H3,(H,67,71)/t57?,61-,62?,65-/m0/s1. The highest BCUT2D eigenvalue weighted by molar-refractivity contribution is 8.33. The number of ketones is 1. The van der Waals surface area contributed by atoms with E-state index in [1.54, 1.807) is 0 Å². The number of carbonyl (C=O) groups is 2. The van der Waals surface area contributed by atoms with Crippen molar-refractivity contribution >= 4 is 44.3 Å². The smallest absolute Gasteiger partial charge is 0.234 e. The molecular weight excluding hydrogens is 931 g/mol. The topological polar surface area (TPSA) is 52.7 Å². The minimum Gasteiger partial charge on any atom is -0.354 e. The highest BCUT2D eigenvalue weighted by atomic mass is 32.3. The molecule has 8 aromatic rings. The lowest BCUT2D eigenvalue weighted by Crippen LogP contribution is -2.51. The molecule has 2 fully saturated rings. The number of hydrogen-bond donors (Lipinski definition) is 1. The molecule has 2 bridgehead atoms. The van der Waals surface area contributed by atoms with Crippen molar-refractivity contribution in [3.8, 4) is 0 Å². The van der Waals surface area contributed by atoms with Gasteiger partial charge in [0.1, 0.15) is 5.78 Å². The van der Waals surface area contributed by atoms with Crippen molar-refractivity contribution in [2.24, 2.45) is 5.92 Å². The molecule has 0 aromatic heterocycles. The highest BCUT2D eigenvalue weighted by Gasteiger charge is 2.49. The van der Waals surface area contributed by atoms with Gasteiger partial charge in [-0.3, -0.25) is 19.4 Å². The van der Waals surface area contributed by atoms with Gasteiger partial charge in [-0.1, -0.05) is 195 Å². The van der Waals surface area contributed by atoms with E-state index in [9.17, 15) is 9.59 Å². The summed E-state index contributed by atoms with van der Waals surface area (Å²) < 4.78 is -0.453. The van der Waals surface area contributed by atoms with Gasteiger partial charge in [0.25, 0.3) is 0 Å². The lowest BCUT2D eigenvalue weighted by Gasteiger charge is -2.44. The average Bonchev–Trinajstić information content (AvgIpc) is 3.73. The molecule has 372 valence electrons. The van der Waals surface area contributed by atoms with E-state index >= 15 is 0 Å². The van der Waals surface area contributed by atoms with E-state index in [2.05, 4.69) is 240 Å². The van der Waals surface area contributed by atoms with Crippen LogP contribution in [0.25, 0.3) is 10.8 Å². The van der Waals surface area contributed by atoms with Crippen molar-refractivity contribution in [2.45, 2.75) is 76.5 Å². The maximum atomic E-state index is 14.6. The molecule has 4 atom stereocenters. The van der Waals surface area contributed by atoms with Crippen LogP contribution in [-0.4, -0.2) is 77.8 Å². The molecule has 5 nitrogen and oxygen atoms in total. The molecule has 0 saturated carbocycles. The lowest BCUT2D eigenvalue weighted by molar-refractivity contribution is -0.127. The summed E-state index contributed by atoms with van der Waals surface area (Å²) in [4.78, 5) is 37.6. The van der Waals surface area contributed by atoms with E-state index in [4.69, 9.17) is 0 Å². The van der Waals surface area contributed by atoms with E-state index in [-0.39, 0.29) is 23.8 Å². The first-order valence-corrected chi connectivity index (χ1v) is 29.3. The van der Waals surface area contributed by atoms with Crippen LogP contribution in [0.4, 0.5) is 0 Å². The SMILES string of the molecule is CCC(=O)[C@@H]1C2CCC(C[C@H]1c1ccc3ccccc3c1)N2CCCN(CCSC(c1ccccc1)(c1ccccc1)c1ccccc1)CC(=O)NCCS(c1ccccc1)(c1ccccc1)c1ccccc1. The molecule has 1 amide bonds. The van der Waals surface area contributed by atoms with E-state index in [0.717, 1.165) is 56.8 Å². The zero-order valence-electron chi connectivity index (χ0n) is 42.2. The van der Waals surface area contributed by atoms with Crippen molar-refractivity contribution in [1.82, 2.24) is 15.1 Å². The molecule has 2 aliphatic heterocycles. The summed E-state index contributed by atoms with van der Waals surface area (Å²) in [5.74, 6) is 2.26. The number of Topliss-reactive ketones (excluding diaryl/α,β-unsaturated/α-hetero) is 1. The number of piperidine rings is 1. The molecular formula is C66H69N3O2S2. The second-order valence-electron chi connectivity index (χ2n) is 19.8. The van der Waals surface area contributed by atoms with Crippen LogP contribution in [-0.2, 0) is 14.3 Å². The highest BCUT2D eigenvalue weighted by Crippen LogP contribution is 2.68. The Hall–Kier alpha value is -6.22. The van der Waals surface area contributed by atoms with Crippen LogP contribution in [0.2, 0.25) is 0 Å². The first-order chi connectivity index (χ1) is 36.0. The fourth-order valence-electron chi connectivity index (χ4n) is 12.3. The first kappa shape index (κ1) is 50.3. The number of fused-ring (bicyclic) bond motifs is 3. The van der Waals surface area contributed by atoms with Crippen molar-refractivity contribution in [2.75, 3.05) is 44.2 Å². The third-order valence-corrected chi connectivity index (χ3v) is 21.3. The molecule has 8 aromatic carbocycles.